The van der Waals surface area contributed by atoms with E-state index in [9.17, 15) is 9.18 Å². The molecule has 2 aromatic carbocycles. The monoisotopic (exact) mass is 415 g/mol. The fourth-order valence-electron chi connectivity index (χ4n) is 3.55. The molecule has 1 amide bonds. The number of benzene rings is 2. The number of carbonyl (C=O) groups excluding carboxylic acids is 1. The summed E-state index contributed by atoms with van der Waals surface area (Å²) in [5, 5.41) is 7.71. The Morgan fingerprint density at radius 1 is 1.14 bits per heavy atom. The number of aromatic nitrogens is 2. The van der Waals surface area contributed by atoms with Gasteiger partial charge in [-0.15, -0.1) is 0 Å². The minimum absolute atomic E-state index is 0.320. The van der Waals surface area contributed by atoms with E-state index in [1.165, 1.54) is 26.4 Å². The molecule has 0 saturated carbocycles. The van der Waals surface area contributed by atoms with Crippen LogP contribution in [0.3, 0.4) is 0 Å². The van der Waals surface area contributed by atoms with Crippen molar-refractivity contribution in [3.05, 3.63) is 64.2 Å². The van der Waals surface area contributed by atoms with E-state index >= 15 is 0 Å². The summed E-state index contributed by atoms with van der Waals surface area (Å²) in [7, 11) is 3.00. The van der Waals surface area contributed by atoms with Crippen LogP contribution in [0, 0.1) is 5.82 Å². The van der Waals surface area contributed by atoms with E-state index in [1.54, 1.807) is 28.9 Å². The van der Waals surface area contributed by atoms with Gasteiger partial charge in [-0.2, -0.15) is 5.10 Å². The third-order valence-electron chi connectivity index (χ3n) is 4.94. The number of rotatable bonds is 5. The van der Waals surface area contributed by atoms with Crippen LogP contribution in [-0.2, 0) is 12.8 Å². The second-order valence-electron chi connectivity index (χ2n) is 6.66. The van der Waals surface area contributed by atoms with Gasteiger partial charge in [-0.25, -0.2) is 9.07 Å². The molecule has 0 spiro atoms. The first-order valence-electron chi connectivity index (χ1n) is 9.11. The summed E-state index contributed by atoms with van der Waals surface area (Å²) < 4.78 is 25.5. The molecule has 4 rings (SSSR count). The Morgan fingerprint density at radius 2 is 1.86 bits per heavy atom. The molecule has 150 valence electrons. The summed E-state index contributed by atoms with van der Waals surface area (Å²) >= 11 is 6.20. The second-order valence-corrected chi connectivity index (χ2v) is 7.06. The zero-order chi connectivity index (χ0) is 20.5. The first-order valence-corrected chi connectivity index (χ1v) is 9.49. The van der Waals surface area contributed by atoms with Gasteiger partial charge in [-0.3, -0.25) is 4.79 Å². The number of amides is 1. The topological polar surface area (TPSA) is 65.4 Å². The van der Waals surface area contributed by atoms with Gasteiger partial charge in [-0.05, 0) is 49.6 Å². The van der Waals surface area contributed by atoms with Crippen molar-refractivity contribution in [3.8, 4) is 17.2 Å². The van der Waals surface area contributed by atoms with Crippen molar-refractivity contribution in [3.63, 3.8) is 0 Å². The van der Waals surface area contributed by atoms with Gasteiger partial charge in [-0.1, -0.05) is 11.6 Å². The van der Waals surface area contributed by atoms with Crippen molar-refractivity contribution in [1.29, 1.82) is 0 Å². The van der Waals surface area contributed by atoms with E-state index in [2.05, 4.69) is 10.4 Å². The molecule has 0 saturated heterocycles. The molecule has 1 heterocycles. The summed E-state index contributed by atoms with van der Waals surface area (Å²) in [6, 6.07) is 9.24. The number of hydrogen-bond donors (Lipinski definition) is 1. The number of nitrogens with one attached hydrogen (secondary N) is 1. The number of methoxy groups -OCH3 is 2. The Hall–Kier alpha value is -3.06. The maximum absolute atomic E-state index is 13.3. The van der Waals surface area contributed by atoms with E-state index in [0.717, 1.165) is 30.5 Å². The van der Waals surface area contributed by atoms with Crippen LogP contribution in [0.5, 0.6) is 11.5 Å². The van der Waals surface area contributed by atoms with E-state index in [4.69, 9.17) is 21.1 Å². The van der Waals surface area contributed by atoms with Crippen molar-refractivity contribution < 1.29 is 18.7 Å². The van der Waals surface area contributed by atoms with Gasteiger partial charge in [0.15, 0.2) is 5.69 Å². The molecule has 29 heavy (non-hydrogen) atoms. The lowest BCUT2D eigenvalue weighted by Crippen LogP contribution is -2.15. The molecule has 1 aromatic heterocycles. The average Bonchev–Trinajstić information content (AvgIpc) is 3.32. The highest BCUT2D eigenvalue weighted by atomic mass is 35.5. The zero-order valence-corrected chi connectivity index (χ0v) is 16.7. The van der Waals surface area contributed by atoms with E-state index in [0.29, 0.717) is 33.6 Å². The second kappa shape index (κ2) is 7.75. The number of ether oxygens (including phenoxy) is 2. The Bertz CT molecular complexity index is 1080. The van der Waals surface area contributed by atoms with E-state index in [1.807, 2.05) is 0 Å². The van der Waals surface area contributed by atoms with Gasteiger partial charge in [0.2, 0.25) is 0 Å². The summed E-state index contributed by atoms with van der Waals surface area (Å²) in [5.41, 5.74) is 3.36. The average molecular weight is 416 g/mol. The van der Waals surface area contributed by atoms with Crippen LogP contribution in [0.25, 0.3) is 5.69 Å². The first-order chi connectivity index (χ1) is 14.0. The number of fused-ring (bicyclic) bond motifs is 1. The number of carbonyl (C=O) groups is 1. The van der Waals surface area contributed by atoms with E-state index < -0.39 is 0 Å². The van der Waals surface area contributed by atoms with Crippen LogP contribution in [0.4, 0.5) is 10.1 Å². The maximum Gasteiger partial charge on any atom is 0.276 e. The van der Waals surface area contributed by atoms with Gasteiger partial charge in [0, 0.05) is 17.3 Å². The summed E-state index contributed by atoms with van der Waals surface area (Å²) in [6.45, 7) is 0. The number of halogens is 2. The van der Waals surface area contributed by atoms with Crippen LogP contribution in [-0.4, -0.2) is 29.9 Å². The normalized spacial score (nSPS) is 12.6. The molecule has 1 N–H and O–H groups in total. The lowest BCUT2D eigenvalue weighted by atomic mass is 10.2. The van der Waals surface area contributed by atoms with Crippen LogP contribution in [0.1, 0.15) is 28.2 Å². The van der Waals surface area contributed by atoms with Crippen molar-refractivity contribution in [1.82, 2.24) is 9.78 Å². The Morgan fingerprint density at radius 3 is 2.55 bits per heavy atom. The molecule has 6 nitrogen and oxygen atoms in total. The van der Waals surface area contributed by atoms with Gasteiger partial charge in [0.25, 0.3) is 5.91 Å². The van der Waals surface area contributed by atoms with Crippen LogP contribution in [0.15, 0.2) is 36.4 Å². The number of hydrogen-bond acceptors (Lipinski definition) is 4. The standard InChI is InChI=1S/C21H19ClFN3O3/c1-28-18-11-19(29-2)16(10-15(18)22)24-21(27)20-14-4-3-5-17(14)26(25-20)13-8-6-12(23)7-9-13/h6-11H,3-5H2,1-2H3,(H,24,27). The molecule has 0 bridgehead atoms. The lowest BCUT2D eigenvalue weighted by Gasteiger charge is -2.12. The number of nitrogens with zero attached hydrogens (tertiary/aromatic N) is 2. The summed E-state index contributed by atoms with van der Waals surface area (Å²) in [5.74, 6) is 0.194. The predicted octanol–water partition coefficient (Wildman–Crippen LogP) is 4.42. The molecule has 1 aliphatic rings. The summed E-state index contributed by atoms with van der Waals surface area (Å²) in [6.07, 6.45) is 2.51. The molecule has 1 aliphatic carbocycles. The van der Waals surface area contributed by atoms with Gasteiger partial charge < -0.3 is 14.8 Å². The van der Waals surface area contributed by atoms with E-state index in [-0.39, 0.29) is 11.7 Å². The largest absolute Gasteiger partial charge is 0.495 e. The van der Waals surface area contributed by atoms with Gasteiger partial charge >= 0.3 is 0 Å². The molecule has 8 heteroatoms. The van der Waals surface area contributed by atoms with Gasteiger partial charge in [0.05, 0.1) is 30.6 Å². The molecular formula is C21H19ClFN3O3. The maximum atomic E-state index is 13.3. The smallest absolute Gasteiger partial charge is 0.276 e. The lowest BCUT2D eigenvalue weighted by molar-refractivity contribution is 0.102. The number of anilines is 1. The molecule has 0 atom stereocenters. The molecule has 0 fully saturated rings. The third kappa shape index (κ3) is 3.53. The molecule has 3 aromatic rings. The van der Waals surface area contributed by atoms with Crippen molar-refractivity contribution in [2.24, 2.45) is 0 Å². The Kier molecular flexibility index (Phi) is 5.15. The molecular weight excluding hydrogens is 397 g/mol. The van der Waals surface area contributed by atoms with Crippen LogP contribution in [0.2, 0.25) is 5.02 Å². The Labute approximate surface area is 172 Å². The van der Waals surface area contributed by atoms with Crippen molar-refractivity contribution >= 4 is 23.2 Å². The van der Waals surface area contributed by atoms with Crippen molar-refractivity contribution in [2.45, 2.75) is 19.3 Å². The quantitative estimate of drug-likeness (QED) is 0.669. The SMILES string of the molecule is COc1cc(OC)c(NC(=O)c2nn(-c3ccc(F)cc3)c3c2CCC3)cc1Cl. The van der Waals surface area contributed by atoms with Crippen LogP contribution >= 0.6 is 11.6 Å². The summed E-state index contributed by atoms with van der Waals surface area (Å²) in [4.78, 5) is 13.0. The highest BCUT2D eigenvalue weighted by Crippen LogP contribution is 2.36. The molecule has 0 radical (unpaired) electrons. The highest BCUT2D eigenvalue weighted by molar-refractivity contribution is 6.32. The predicted molar refractivity (Wildman–Crippen MR) is 108 cm³/mol. The minimum atomic E-state index is -0.358. The Balaban J connectivity index is 1.69. The van der Waals surface area contributed by atoms with Crippen LogP contribution < -0.4 is 14.8 Å². The zero-order valence-electron chi connectivity index (χ0n) is 16.0. The molecule has 0 unspecified atom stereocenters. The fraction of sp³-hybridized carbons (Fsp3) is 0.238. The fourth-order valence-corrected chi connectivity index (χ4v) is 3.80. The third-order valence-corrected chi connectivity index (χ3v) is 5.23. The minimum Gasteiger partial charge on any atom is -0.495 e. The van der Waals surface area contributed by atoms with Crippen molar-refractivity contribution in [2.75, 3.05) is 19.5 Å². The highest BCUT2D eigenvalue weighted by Gasteiger charge is 2.27. The first kappa shape index (κ1) is 19.3. The van der Waals surface area contributed by atoms with Gasteiger partial charge in [0.1, 0.15) is 17.3 Å². The molecule has 0 aliphatic heterocycles.